The summed E-state index contributed by atoms with van der Waals surface area (Å²) in [4.78, 5) is 4.40. The third-order valence-corrected chi connectivity index (χ3v) is 3.22. The zero-order valence-electron chi connectivity index (χ0n) is 14.2. The average Bonchev–Trinajstić information content (AvgIpc) is 2.60. The number of pyridine rings is 1. The van der Waals surface area contributed by atoms with Crippen LogP contribution in [0.3, 0.4) is 0 Å². The topological polar surface area (TPSA) is 61.8 Å². The third-order valence-electron chi connectivity index (χ3n) is 3.22. The highest BCUT2D eigenvalue weighted by atomic mass is 16.5. The van der Waals surface area contributed by atoms with Gasteiger partial charge < -0.3 is 24.3 Å². The van der Waals surface area contributed by atoms with Gasteiger partial charge in [-0.15, -0.1) is 0 Å². The molecule has 0 spiro atoms. The lowest BCUT2D eigenvalue weighted by Gasteiger charge is -2.14. The molecule has 2 aromatic rings. The number of rotatable bonds is 9. The Bertz CT molecular complexity index is 722. The normalized spacial score (nSPS) is 10.1. The maximum atomic E-state index is 5.79. The van der Waals surface area contributed by atoms with Crippen molar-refractivity contribution in [2.45, 2.75) is 6.92 Å². The quantitative estimate of drug-likeness (QED) is 0.433. The lowest BCUT2D eigenvalue weighted by molar-refractivity contribution is 0.132. The lowest BCUT2D eigenvalue weighted by atomic mass is 10.1. The smallest absolute Gasteiger partial charge is 0.163 e. The molecule has 6 nitrogen and oxygen atoms in total. The van der Waals surface area contributed by atoms with Crippen molar-refractivity contribution in [1.29, 1.82) is 0 Å². The van der Waals surface area contributed by atoms with Crippen molar-refractivity contribution in [2.75, 3.05) is 46.0 Å². The second-order valence-electron chi connectivity index (χ2n) is 4.86. The summed E-state index contributed by atoms with van der Waals surface area (Å²) < 4.78 is 21.6. The molecule has 0 amide bonds. The fraction of sp³-hybridized carbons (Fsp3) is 0.389. The van der Waals surface area contributed by atoms with E-state index in [1.165, 1.54) is 0 Å². The second-order valence-corrected chi connectivity index (χ2v) is 4.86. The van der Waals surface area contributed by atoms with Gasteiger partial charge in [0.05, 0.1) is 24.4 Å². The first-order chi connectivity index (χ1) is 11.8. The van der Waals surface area contributed by atoms with E-state index in [1.807, 2.05) is 18.2 Å². The van der Waals surface area contributed by atoms with Gasteiger partial charge in [0.1, 0.15) is 13.2 Å². The number of fused-ring (bicyclic) bond motifs is 1. The molecule has 0 saturated heterocycles. The first kappa shape index (κ1) is 17.9. The minimum absolute atomic E-state index is 0.431. The number of hydrogen-bond donors (Lipinski definition) is 1. The van der Waals surface area contributed by atoms with E-state index >= 15 is 0 Å². The van der Waals surface area contributed by atoms with Gasteiger partial charge in [0.25, 0.3) is 0 Å². The molecule has 0 radical (unpaired) electrons. The number of methoxy groups -OCH3 is 2. The van der Waals surface area contributed by atoms with E-state index in [0.29, 0.717) is 37.9 Å². The Hall–Kier alpha value is -2.49. The summed E-state index contributed by atoms with van der Waals surface area (Å²) in [5.74, 6) is 4.08. The third kappa shape index (κ3) is 4.75. The van der Waals surface area contributed by atoms with E-state index in [2.05, 4.69) is 22.3 Å². The van der Waals surface area contributed by atoms with Crippen LogP contribution in [0.2, 0.25) is 0 Å². The Balaban J connectivity index is 2.37. The molecule has 1 heterocycles. The van der Waals surface area contributed by atoms with Crippen molar-refractivity contribution in [2.24, 2.45) is 0 Å². The van der Waals surface area contributed by atoms with E-state index < -0.39 is 0 Å². The molecule has 0 atom stereocenters. The van der Waals surface area contributed by atoms with Gasteiger partial charge in [-0.2, -0.15) is 0 Å². The Morgan fingerprint density at radius 3 is 2.29 bits per heavy atom. The van der Waals surface area contributed by atoms with Crippen LogP contribution in [-0.4, -0.2) is 45.6 Å². The first-order valence-corrected chi connectivity index (χ1v) is 7.64. The molecule has 24 heavy (non-hydrogen) atoms. The molecule has 0 unspecified atom stereocenters. The largest absolute Gasteiger partial charge is 0.487 e. The molecule has 1 N–H and O–H groups in total. The minimum Gasteiger partial charge on any atom is -0.487 e. The van der Waals surface area contributed by atoms with Crippen LogP contribution in [0.5, 0.6) is 11.5 Å². The van der Waals surface area contributed by atoms with Gasteiger partial charge in [0.15, 0.2) is 11.5 Å². The van der Waals surface area contributed by atoms with E-state index in [4.69, 9.17) is 18.9 Å². The molecule has 0 aliphatic heterocycles. The molecular weight excluding hydrogens is 308 g/mol. The van der Waals surface area contributed by atoms with Crippen LogP contribution in [0, 0.1) is 12.0 Å². The maximum absolute atomic E-state index is 5.79. The molecule has 0 aliphatic carbocycles. The zero-order valence-corrected chi connectivity index (χ0v) is 14.2. The van der Waals surface area contributed by atoms with Crippen molar-refractivity contribution < 1.29 is 18.9 Å². The van der Waals surface area contributed by atoms with Gasteiger partial charge >= 0.3 is 0 Å². The van der Waals surface area contributed by atoms with Gasteiger partial charge in [0, 0.05) is 37.9 Å². The zero-order chi connectivity index (χ0) is 17.2. The van der Waals surface area contributed by atoms with Crippen LogP contribution in [0.25, 0.3) is 10.9 Å². The summed E-state index contributed by atoms with van der Waals surface area (Å²) in [7, 11) is 3.27. The lowest BCUT2D eigenvalue weighted by Crippen LogP contribution is -2.08. The van der Waals surface area contributed by atoms with Crippen molar-refractivity contribution in [1.82, 2.24) is 4.98 Å². The van der Waals surface area contributed by atoms with E-state index in [-0.39, 0.29) is 0 Å². The molecule has 2 rings (SSSR count). The minimum atomic E-state index is 0.431. The predicted molar refractivity (Wildman–Crippen MR) is 93.6 cm³/mol. The predicted octanol–water partition coefficient (Wildman–Crippen LogP) is 2.68. The van der Waals surface area contributed by atoms with Gasteiger partial charge in [-0.25, -0.2) is 0 Å². The molecule has 0 bridgehead atoms. The number of hydrogen-bond acceptors (Lipinski definition) is 6. The van der Waals surface area contributed by atoms with Crippen LogP contribution in [-0.2, 0) is 9.47 Å². The van der Waals surface area contributed by atoms with Crippen molar-refractivity contribution in [3.63, 3.8) is 0 Å². The summed E-state index contributed by atoms with van der Waals surface area (Å²) in [6.07, 6.45) is 1.73. The average molecular weight is 330 g/mol. The number of ether oxygens (including phenoxy) is 4. The van der Waals surface area contributed by atoms with Crippen LogP contribution < -0.4 is 14.8 Å². The number of benzene rings is 1. The number of nitrogens with zero attached hydrogens (tertiary/aromatic N) is 1. The summed E-state index contributed by atoms with van der Waals surface area (Å²) in [5.41, 5.74) is 1.67. The van der Waals surface area contributed by atoms with Crippen molar-refractivity contribution >= 4 is 16.6 Å². The van der Waals surface area contributed by atoms with Crippen molar-refractivity contribution in [3.05, 3.63) is 24.4 Å². The Morgan fingerprint density at radius 2 is 1.67 bits per heavy atom. The van der Waals surface area contributed by atoms with E-state index in [0.717, 1.165) is 16.6 Å². The summed E-state index contributed by atoms with van der Waals surface area (Å²) in [6, 6.07) is 8.48. The number of aromatic nitrogens is 1. The fourth-order valence-corrected chi connectivity index (χ4v) is 2.09. The highest BCUT2D eigenvalue weighted by molar-refractivity contribution is 5.94. The van der Waals surface area contributed by atoms with Gasteiger partial charge in [-0.3, -0.25) is 4.98 Å². The molecule has 1 aromatic heterocycles. The molecule has 128 valence electrons. The van der Waals surface area contributed by atoms with Crippen LogP contribution in [0.15, 0.2) is 24.4 Å². The van der Waals surface area contributed by atoms with Crippen LogP contribution >= 0.6 is 0 Å². The number of anilines is 1. The van der Waals surface area contributed by atoms with Gasteiger partial charge in [-0.1, -0.05) is 5.92 Å². The van der Waals surface area contributed by atoms with Crippen LogP contribution in [0.4, 0.5) is 5.69 Å². The van der Waals surface area contributed by atoms with Gasteiger partial charge in [-0.05, 0) is 19.1 Å². The van der Waals surface area contributed by atoms with E-state index in [1.54, 1.807) is 27.3 Å². The molecule has 0 fully saturated rings. The maximum Gasteiger partial charge on any atom is 0.163 e. The molecular formula is C18H22N2O4. The molecule has 6 heteroatoms. The van der Waals surface area contributed by atoms with Crippen molar-refractivity contribution in [3.8, 4) is 23.5 Å². The Kier molecular flexibility index (Phi) is 7.15. The fourth-order valence-electron chi connectivity index (χ4n) is 2.09. The van der Waals surface area contributed by atoms with Crippen LogP contribution in [0.1, 0.15) is 6.92 Å². The highest BCUT2D eigenvalue weighted by Gasteiger charge is 2.11. The second kappa shape index (κ2) is 9.60. The summed E-state index contributed by atoms with van der Waals surface area (Å²) >= 11 is 0. The monoisotopic (exact) mass is 330 g/mol. The molecule has 1 aromatic carbocycles. The molecule has 0 saturated carbocycles. The van der Waals surface area contributed by atoms with Gasteiger partial charge in [0.2, 0.25) is 0 Å². The standard InChI is InChI=1S/C18H22N2O4/c1-4-6-19-15-5-7-20-16-13-18(24-11-9-22-3)17(12-14(15)16)23-10-8-21-2/h5,7,12-13H,8-11H2,1-3H3,(H,19,20). The highest BCUT2D eigenvalue weighted by Crippen LogP contribution is 2.34. The first-order valence-electron chi connectivity index (χ1n) is 7.64. The Morgan fingerprint density at radius 1 is 1.00 bits per heavy atom. The molecule has 0 aliphatic rings. The number of nitrogens with one attached hydrogen (secondary N) is 1. The summed E-state index contributed by atoms with van der Waals surface area (Å²) in [6.45, 7) is 3.63. The Labute approximate surface area is 142 Å². The SMILES string of the molecule is CC#CNc1ccnc2cc(OCCOC)c(OCCOC)cc12. The van der Waals surface area contributed by atoms with E-state index in [9.17, 15) is 0 Å². The summed E-state index contributed by atoms with van der Waals surface area (Å²) in [5, 5.41) is 3.97.